The summed E-state index contributed by atoms with van der Waals surface area (Å²) in [5, 5.41) is 3.02. The fourth-order valence-corrected chi connectivity index (χ4v) is 3.48. The zero-order valence-electron chi connectivity index (χ0n) is 15.9. The van der Waals surface area contributed by atoms with Crippen LogP contribution in [0.1, 0.15) is 18.4 Å². The number of nitrogens with zero attached hydrogens (tertiary/aromatic N) is 1. The summed E-state index contributed by atoms with van der Waals surface area (Å²) in [6.07, 6.45) is 1.62. The monoisotopic (exact) mass is 366 g/mol. The van der Waals surface area contributed by atoms with E-state index in [4.69, 9.17) is 4.74 Å². The van der Waals surface area contributed by atoms with Gasteiger partial charge in [0.15, 0.2) is 0 Å². The van der Waals surface area contributed by atoms with E-state index in [1.165, 1.54) is 12.7 Å². The smallest absolute Gasteiger partial charge is 0.248 e. The quantitative estimate of drug-likeness (QED) is 0.881. The highest BCUT2D eigenvalue weighted by atomic mass is 16.5. The molecular weight excluding hydrogens is 340 g/mol. The predicted octanol–water partition coefficient (Wildman–Crippen LogP) is 3.49. The summed E-state index contributed by atoms with van der Waals surface area (Å²) in [5.74, 6) is -0.287. The van der Waals surface area contributed by atoms with Crippen LogP contribution in [0.5, 0.6) is 0 Å². The van der Waals surface area contributed by atoms with E-state index in [2.05, 4.69) is 30.4 Å². The summed E-state index contributed by atoms with van der Waals surface area (Å²) in [6, 6.07) is 16.2. The number of piperidine rings is 1. The van der Waals surface area contributed by atoms with Crippen LogP contribution in [-0.2, 0) is 14.3 Å². The van der Waals surface area contributed by atoms with Crippen molar-refractivity contribution >= 4 is 17.5 Å². The molecule has 1 aliphatic rings. The summed E-state index contributed by atoms with van der Waals surface area (Å²) < 4.78 is 4.92. The molecule has 27 heavy (non-hydrogen) atoms. The topological polar surface area (TPSA) is 58.6 Å². The lowest BCUT2D eigenvalue weighted by molar-refractivity contribution is -0.138. The van der Waals surface area contributed by atoms with E-state index in [1.54, 1.807) is 4.90 Å². The van der Waals surface area contributed by atoms with Crippen LogP contribution in [-0.4, -0.2) is 43.5 Å². The molecule has 1 aliphatic heterocycles. The number of hydrogen-bond acceptors (Lipinski definition) is 3. The summed E-state index contributed by atoms with van der Waals surface area (Å²) in [6.45, 7) is 3.27. The molecule has 0 bridgehead atoms. The lowest BCUT2D eigenvalue weighted by atomic mass is 9.96. The van der Waals surface area contributed by atoms with E-state index in [1.807, 2.05) is 30.3 Å². The van der Waals surface area contributed by atoms with Crippen molar-refractivity contribution in [3.63, 3.8) is 0 Å². The van der Waals surface area contributed by atoms with Crippen molar-refractivity contribution in [2.45, 2.75) is 19.8 Å². The normalized spacial score (nSPS) is 16.8. The van der Waals surface area contributed by atoms with Crippen molar-refractivity contribution in [1.29, 1.82) is 0 Å². The van der Waals surface area contributed by atoms with Crippen LogP contribution in [0.2, 0.25) is 0 Å². The van der Waals surface area contributed by atoms with Gasteiger partial charge in [0, 0.05) is 25.9 Å². The Kier molecular flexibility index (Phi) is 6.24. The number of aryl methyl sites for hydroxylation is 1. The molecule has 0 spiro atoms. The fourth-order valence-electron chi connectivity index (χ4n) is 3.48. The SMILES string of the molecule is COCC(=O)N1CCCC(C(=O)Nc2cccc(-c3cccc(C)c3)c2)C1. The van der Waals surface area contributed by atoms with Crippen molar-refractivity contribution in [3.8, 4) is 11.1 Å². The number of likely N-dealkylation sites (tertiary alicyclic amines) is 1. The maximum absolute atomic E-state index is 12.7. The lowest BCUT2D eigenvalue weighted by Crippen LogP contribution is -2.45. The molecule has 0 aromatic heterocycles. The summed E-state index contributed by atoms with van der Waals surface area (Å²) in [4.78, 5) is 26.5. The number of rotatable bonds is 5. The molecule has 1 saturated heterocycles. The van der Waals surface area contributed by atoms with Crippen molar-refractivity contribution in [2.75, 3.05) is 32.1 Å². The van der Waals surface area contributed by atoms with Crippen LogP contribution < -0.4 is 5.32 Å². The number of benzene rings is 2. The molecule has 0 radical (unpaired) electrons. The van der Waals surface area contributed by atoms with Gasteiger partial charge in [-0.25, -0.2) is 0 Å². The summed E-state index contributed by atoms with van der Waals surface area (Å²) in [7, 11) is 1.51. The minimum absolute atomic E-state index is 0.0358. The van der Waals surface area contributed by atoms with Crippen molar-refractivity contribution in [1.82, 2.24) is 4.90 Å². The van der Waals surface area contributed by atoms with Crippen LogP contribution in [0.3, 0.4) is 0 Å². The second-order valence-corrected chi connectivity index (χ2v) is 7.05. The van der Waals surface area contributed by atoms with Crippen molar-refractivity contribution in [2.24, 2.45) is 5.92 Å². The van der Waals surface area contributed by atoms with Gasteiger partial charge in [-0.05, 0) is 43.0 Å². The molecule has 1 fully saturated rings. The van der Waals surface area contributed by atoms with E-state index in [-0.39, 0.29) is 24.3 Å². The first kappa shape index (κ1) is 19.1. The lowest BCUT2D eigenvalue weighted by Gasteiger charge is -2.32. The van der Waals surface area contributed by atoms with Crippen LogP contribution in [0.25, 0.3) is 11.1 Å². The van der Waals surface area contributed by atoms with Crippen LogP contribution in [0.4, 0.5) is 5.69 Å². The number of ether oxygens (including phenoxy) is 1. The molecule has 5 heteroatoms. The van der Waals surface area contributed by atoms with Crippen LogP contribution in [0.15, 0.2) is 48.5 Å². The number of methoxy groups -OCH3 is 1. The third-order valence-corrected chi connectivity index (χ3v) is 4.89. The maximum Gasteiger partial charge on any atom is 0.248 e. The average Bonchev–Trinajstić information content (AvgIpc) is 2.68. The van der Waals surface area contributed by atoms with Gasteiger partial charge in [0.1, 0.15) is 6.61 Å². The molecule has 2 aromatic carbocycles. The van der Waals surface area contributed by atoms with Gasteiger partial charge in [-0.2, -0.15) is 0 Å². The zero-order valence-corrected chi connectivity index (χ0v) is 15.9. The molecule has 0 saturated carbocycles. The van der Waals surface area contributed by atoms with E-state index >= 15 is 0 Å². The number of carbonyl (C=O) groups is 2. The molecule has 142 valence electrons. The Balaban J connectivity index is 1.67. The first-order chi connectivity index (χ1) is 13.1. The van der Waals surface area contributed by atoms with Gasteiger partial charge in [0.05, 0.1) is 5.92 Å². The van der Waals surface area contributed by atoms with Gasteiger partial charge < -0.3 is 15.0 Å². The standard InChI is InChI=1S/C22H26N2O3/c1-16-6-3-7-17(12-16)18-8-4-10-20(13-18)23-22(26)19-9-5-11-24(14-19)21(25)15-27-2/h3-4,6-8,10,12-13,19H,5,9,11,14-15H2,1-2H3,(H,23,26). The molecule has 5 nitrogen and oxygen atoms in total. The Labute approximate surface area is 160 Å². The van der Waals surface area contributed by atoms with Crippen molar-refractivity contribution in [3.05, 3.63) is 54.1 Å². The molecule has 0 aliphatic carbocycles. The maximum atomic E-state index is 12.7. The van der Waals surface area contributed by atoms with Crippen molar-refractivity contribution < 1.29 is 14.3 Å². The number of hydrogen-bond donors (Lipinski definition) is 1. The van der Waals surface area contributed by atoms with Gasteiger partial charge >= 0.3 is 0 Å². The molecule has 2 amide bonds. The Morgan fingerprint density at radius 1 is 1.15 bits per heavy atom. The van der Waals surface area contributed by atoms with Crippen LogP contribution >= 0.6 is 0 Å². The second-order valence-electron chi connectivity index (χ2n) is 7.05. The molecule has 3 rings (SSSR count). The molecule has 2 aromatic rings. The molecule has 1 N–H and O–H groups in total. The van der Waals surface area contributed by atoms with E-state index in [0.717, 1.165) is 29.7 Å². The zero-order chi connectivity index (χ0) is 19.2. The Morgan fingerprint density at radius 3 is 2.63 bits per heavy atom. The minimum Gasteiger partial charge on any atom is -0.375 e. The molecule has 1 heterocycles. The molecule has 1 atom stereocenters. The number of anilines is 1. The third kappa shape index (κ3) is 4.95. The molecule has 1 unspecified atom stereocenters. The van der Waals surface area contributed by atoms with Gasteiger partial charge in [-0.3, -0.25) is 9.59 Å². The van der Waals surface area contributed by atoms with E-state index in [0.29, 0.717) is 13.1 Å². The minimum atomic E-state index is -0.192. The molecular formula is C22H26N2O3. The third-order valence-electron chi connectivity index (χ3n) is 4.89. The average molecular weight is 366 g/mol. The summed E-state index contributed by atoms with van der Waals surface area (Å²) >= 11 is 0. The predicted molar refractivity (Wildman–Crippen MR) is 106 cm³/mol. The highest BCUT2D eigenvalue weighted by molar-refractivity contribution is 5.94. The number of carbonyl (C=O) groups excluding carboxylic acids is 2. The first-order valence-electron chi connectivity index (χ1n) is 9.31. The number of amides is 2. The van der Waals surface area contributed by atoms with Crippen LogP contribution in [0, 0.1) is 12.8 Å². The van der Waals surface area contributed by atoms with E-state index < -0.39 is 0 Å². The first-order valence-corrected chi connectivity index (χ1v) is 9.31. The van der Waals surface area contributed by atoms with Gasteiger partial charge in [0.2, 0.25) is 11.8 Å². The summed E-state index contributed by atoms with van der Waals surface area (Å²) in [5.41, 5.74) is 4.17. The Bertz CT molecular complexity index is 819. The van der Waals surface area contributed by atoms with Gasteiger partial charge in [0.25, 0.3) is 0 Å². The Hall–Kier alpha value is -2.66. The number of nitrogens with one attached hydrogen (secondary N) is 1. The van der Waals surface area contributed by atoms with E-state index in [9.17, 15) is 9.59 Å². The van der Waals surface area contributed by atoms with Gasteiger partial charge in [-0.15, -0.1) is 0 Å². The second kappa shape index (κ2) is 8.82. The highest BCUT2D eigenvalue weighted by Gasteiger charge is 2.28. The fraction of sp³-hybridized carbons (Fsp3) is 0.364. The largest absolute Gasteiger partial charge is 0.375 e. The highest BCUT2D eigenvalue weighted by Crippen LogP contribution is 2.25. The Morgan fingerprint density at radius 2 is 1.89 bits per heavy atom. The van der Waals surface area contributed by atoms with Gasteiger partial charge in [-0.1, -0.05) is 42.0 Å².